The van der Waals surface area contributed by atoms with E-state index in [9.17, 15) is 0 Å². The van der Waals surface area contributed by atoms with Gasteiger partial charge in [0.1, 0.15) is 0 Å². The summed E-state index contributed by atoms with van der Waals surface area (Å²) in [5, 5.41) is 5.67. The van der Waals surface area contributed by atoms with Crippen molar-refractivity contribution in [3.05, 3.63) is 72.8 Å². The number of hydrogen-bond donors (Lipinski definition) is 0. The van der Waals surface area contributed by atoms with E-state index in [0.717, 1.165) is 0 Å². The average molecular weight is 504 g/mol. The molecule has 4 rings (SSSR count). The van der Waals surface area contributed by atoms with Crippen molar-refractivity contribution in [3.8, 4) is 0 Å². The third-order valence-corrected chi connectivity index (χ3v) is 13.1. The summed E-state index contributed by atoms with van der Waals surface area (Å²) in [5.74, 6) is 0. The van der Waals surface area contributed by atoms with Gasteiger partial charge in [0.05, 0.1) is 0 Å². The monoisotopic (exact) mass is 506 g/mol. The van der Waals surface area contributed by atoms with Crippen LogP contribution in [0, 0.1) is 0 Å². The van der Waals surface area contributed by atoms with Gasteiger partial charge in [-0.15, -0.1) is 0 Å². The summed E-state index contributed by atoms with van der Waals surface area (Å²) >= 11 is 4.65. The molecule has 0 aromatic heterocycles. The van der Waals surface area contributed by atoms with Crippen LogP contribution in [-0.2, 0) is 0 Å². The van der Waals surface area contributed by atoms with Gasteiger partial charge >= 0.3 is 175 Å². The van der Waals surface area contributed by atoms with Crippen LogP contribution in [0.3, 0.4) is 0 Å². The summed E-state index contributed by atoms with van der Waals surface area (Å²) in [6.45, 7) is 0. The van der Waals surface area contributed by atoms with Crippen molar-refractivity contribution in [2.24, 2.45) is 0 Å². The molecule has 0 spiro atoms. The Bertz CT molecular complexity index is 978. The fraction of sp³-hybridized carbons (Fsp3) is 0.0909. The van der Waals surface area contributed by atoms with Gasteiger partial charge in [-0.05, 0) is 0 Å². The zero-order valence-corrected chi connectivity index (χ0v) is 19.6. The molecule has 0 N–H and O–H groups in total. The van der Waals surface area contributed by atoms with Gasteiger partial charge < -0.3 is 0 Å². The number of thioether (sulfide) groups is 2. The fourth-order valence-electron chi connectivity index (χ4n) is 3.12. The molecule has 0 atom stereocenters. The van der Waals surface area contributed by atoms with Gasteiger partial charge in [0.2, 0.25) is 0 Å². The van der Waals surface area contributed by atoms with Crippen LogP contribution in [0.25, 0.3) is 21.5 Å². The molecule has 0 aliphatic heterocycles. The van der Waals surface area contributed by atoms with Crippen LogP contribution in [0.15, 0.2) is 82.6 Å². The summed E-state index contributed by atoms with van der Waals surface area (Å²) in [6, 6.07) is 26.9. The van der Waals surface area contributed by atoms with Gasteiger partial charge in [-0.1, -0.05) is 0 Å². The molecule has 4 heteroatoms. The third-order valence-electron chi connectivity index (χ3n) is 4.32. The van der Waals surface area contributed by atoms with Crippen molar-refractivity contribution in [1.29, 1.82) is 0 Å². The van der Waals surface area contributed by atoms with E-state index in [-0.39, 0.29) is 0 Å². The first-order valence-electron chi connectivity index (χ1n) is 8.28. The molecule has 0 aliphatic carbocycles. The van der Waals surface area contributed by atoms with Gasteiger partial charge in [-0.3, -0.25) is 0 Å². The Kier molecular flexibility index (Phi) is 6.00. The van der Waals surface area contributed by atoms with Crippen LogP contribution < -0.4 is 8.92 Å². The second-order valence-corrected chi connectivity index (χ2v) is 13.7. The van der Waals surface area contributed by atoms with Crippen LogP contribution in [0.4, 0.5) is 0 Å². The standard InChI is InChI=1S/C22H18S2Se2/c1-23-17-11-3-7-15-9-5-13-19(21(15)17)25-26-20-14-6-10-16-8-4-12-18(24-2)22(16)20/h3-14H,1-2H3. The van der Waals surface area contributed by atoms with Crippen molar-refractivity contribution in [2.45, 2.75) is 9.79 Å². The molecule has 0 amide bonds. The van der Waals surface area contributed by atoms with Crippen LogP contribution in [0.1, 0.15) is 0 Å². The van der Waals surface area contributed by atoms with E-state index in [1.54, 1.807) is 8.92 Å². The molecule has 4 aromatic carbocycles. The predicted octanol–water partition coefficient (Wildman–Crippen LogP) is 4.71. The fourth-order valence-corrected chi connectivity index (χ4v) is 11.9. The van der Waals surface area contributed by atoms with Crippen LogP contribution >= 0.6 is 23.5 Å². The van der Waals surface area contributed by atoms with E-state index in [0.29, 0.717) is 26.3 Å². The Morgan fingerprint density at radius 3 is 1.31 bits per heavy atom. The molecule has 0 heterocycles. The van der Waals surface area contributed by atoms with Crippen molar-refractivity contribution >= 4 is 80.3 Å². The minimum absolute atomic E-state index is 0.470. The van der Waals surface area contributed by atoms with E-state index in [1.165, 1.54) is 31.3 Å². The van der Waals surface area contributed by atoms with Gasteiger partial charge in [-0.2, -0.15) is 0 Å². The number of fused-ring (bicyclic) bond motifs is 2. The normalized spacial score (nSPS) is 11.3. The maximum atomic E-state index is 2.34. The minimum atomic E-state index is 0.470. The Hall–Kier alpha value is -0.861. The molecule has 0 bridgehead atoms. The number of hydrogen-bond acceptors (Lipinski definition) is 2. The topological polar surface area (TPSA) is 0 Å². The molecule has 0 unspecified atom stereocenters. The van der Waals surface area contributed by atoms with Crippen molar-refractivity contribution in [3.63, 3.8) is 0 Å². The molecule has 0 saturated heterocycles. The Morgan fingerprint density at radius 2 is 0.923 bits per heavy atom. The van der Waals surface area contributed by atoms with Gasteiger partial charge in [-0.25, -0.2) is 0 Å². The Balaban J connectivity index is 1.75. The molecule has 0 fully saturated rings. The predicted molar refractivity (Wildman–Crippen MR) is 122 cm³/mol. The van der Waals surface area contributed by atoms with Crippen LogP contribution in [0.2, 0.25) is 0 Å². The average Bonchev–Trinajstić information content (AvgIpc) is 2.71. The van der Waals surface area contributed by atoms with Gasteiger partial charge in [0.15, 0.2) is 0 Å². The molecule has 26 heavy (non-hydrogen) atoms. The van der Waals surface area contributed by atoms with Gasteiger partial charge in [0, 0.05) is 0 Å². The maximum absolute atomic E-state index is 2.34. The summed E-state index contributed by atoms with van der Waals surface area (Å²) in [6.07, 6.45) is 4.36. The summed E-state index contributed by atoms with van der Waals surface area (Å²) in [5.41, 5.74) is 0. The summed E-state index contributed by atoms with van der Waals surface area (Å²) < 4.78 is 3.08. The van der Waals surface area contributed by atoms with Crippen LogP contribution in [0.5, 0.6) is 0 Å². The zero-order valence-electron chi connectivity index (χ0n) is 14.6. The molecule has 0 saturated carbocycles. The van der Waals surface area contributed by atoms with Crippen molar-refractivity contribution in [2.75, 3.05) is 12.5 Å². The quantitative estimate of drug-likeness (QED) is 0.285. The van der Waals surface area contributed by atoms with E-state index in [1.807, 2.05) is 23.5 Å². The Labute approximate surface area is 174 Å². The molecule has 4 aromatic rings. The third kappa shape index (κ3) is 3.60. The van der Waals surface area contributed by atoms with E-state index < -0.39 is 0 Å². The summed E-state index contributed by atoms with van der Waals surface area (Å²) in [4.78, 5) is 2.80. The molecule has 0 nitrogen and oxygen atoms in total. The zero-order chi connectivity index (χ0) is 17.9. The first-order chi connectivity index (χ1) is 12.8. The van der Waals surface area contributed by atoms with Crippen molar-refractivity contribution < 1.29 is 0 Å². The Morgan fingerprint density at radius 1 is 0.538 bits per heavy atom. The van der Waals surface area contributed by atoms with E-state index in [4.69, 9.17) is 0 Å². The van der Waals surface area contributed by atoms with Crippen LogP contribution in [-0.4, -0.2) is 38.8 Å². The second kappa shape index (κ2) is 8.44. The van der Waals surface area contributed by atoms with Gasteiger partial charge in [0.25, 0.3) is 0 Å². The number of rotatable bonds is 5. The molecule has 130 valence electrons. The molecular formula is C22H18S2Se2. The number of benzene rings is 4. The van der Waals surface area contributed by atoms with Crippen molar-refractivity contribution in [1.82, 2.24) is 0 Å². The second-order valence-electron chi connectivity index (χ2n) is 5.80. The SMILES string of the molecule is CSc1cccc2cccc([Se][Se]c3cccc4cccc(SC)c34)c12. The molecular weight excluding hydrogens is 486 g/mol. The van der Waals surface area contributed by atoms with E-state index >= 15 is 0 Å². The molecule has 0 aliphatic rings. The molecule has 0 radical (unpaired) electrons. The first kappa shape index (κ1) is 18.5. The summed E-state index contributed by atoms with van der Waals surface area (Å²) in [7, 11) is 0. The van der Waals surface area contributed by atoms with E-state index in [2.05, 4.69) is 85.3 Å². The first-order valence-corrected chi connectivity index (χ1v) is 16.8.